The summed E-state index contributed by atoms with van der Waals surface area (Å²) in [6.07, 6.45) is 0. The standard InChI is InChI=1S/C6H14N4S2.Ni/c1-7-8(2)10-4-6-12-11-5-3-9(7)10;/h3-6H2,1-2H3;/q;+2. The van der Waals surface area contributed by atoms with Crippen LogP contribution in [-0.2, 0) is 16.5 Å². The number of nitrogens with zero attached hydrogens (tertiary/aromatic N) is 4. The predicted molar refractivity (Wildman–Crippen MR) is 53.9 cm³/mol. The first-order valence-electron chi connectivity index (χ1n) is 4.07. The fourth-order valence-electron chi connectivity index (χ4n) is 1.44. The monoisotopic (exact) mass is 264 g/mol. The van der Waals surface area contributed by atoms with E-state index in [4.69, 9.17) is 0 Å². The smallest absolute Gasteiger partial charge is 0.148 e. The molecule has 2 saturated heterocycles. The summed E-state index contributed by atoms with van der Waals surface area (Å²) in [7, 11) is 8.14. The fourth-order valence-corrected chi connectivity index (χ4v) is 3.31. The van der Waals surface area contributed by atoms with E-state index in [1.165, 1.54) is 11.5 Å². The van der Waals surface area contributed by atoms with Crippen LogP contribution in [0.4, 0.5) is 0 Å². The predicted octanol–water partition coefficient (Wildman–Crippen LogP) is 0.520. The van der Waals surface area contributed by atoms with Crippen molar-refractivity contribution in [2.75, 3.05) is 38.7 Å². The zero-order valence-electron chi connectivity index (χ0n) is 7.75. The molecule has 0 aromatic carbocycles. The van der Waals surface area contributed by atoms with Crippen LogP contribution in [0, 0.1) is 0 Å². The Labute approximate surface area is 97.2 Å². The van der Waals surface area contributed by atoms with Crippen LogP contribution in [-0.4, -0.2) is 59.2 Å². The van der Waals surface area contributed by atoms with Gasteiger partial charge in [0.2, 0.25) is 0 Å². The van der Waals surface area contributed by atoms with Gasteiger partial charge in [-0.05, 0) is 0 Å². The van der Waals surface area contributed by atoms with E-state index in [0.29, 0.717) is 0 Å². The average molecular weight is 265 g/mol. The minimum Gasteiger partial charge on any atom is -0.148 e. The van der Waals surface area contributed by atoms with Gasteiger partial charge in [0, 0.05) is 38.7 Å². The zero-order valence-corrected chi connectivity index (χ0v) is 10.4. The van der Waals surface area contributed by atoms with Crippen molar-refractivity contribution < 1.29 is 16.5 Å². The minimum absolute atomic E-state index is 0. The summed E-state index contributed by atoms with van der Waals surface area (Å²) < 4.78 is 0. The molecule has 0 aromatic heterocycles. The minimum atomic E-state index is 0. The molecule has 2 fully saturated rings. The van der Waals surface area contributed by atoms with Gasteiger partial charge in [0.15, 0.2) is 0 Å². The number of rotatable bonds is 0. The molecule has 2 aliphatic heterocycles. The van der Waals surface area contributed by atoms with Gasteiger partial charge >= 0.3 is 16.5 Å². The Morgan fingerprint density at radius 3 is 1.62 bits per heavy atom. The third-order valence-electron chi connectivity index (χ3n) is 2.19. The third kappa shape index (κ3) is 2.34. The molecular weight excluding hydrogens is 251 g/mol. The molecule has 7 heteroatoms. The SMILES string of the molecule is CN1N(C)N2CCSSCCN12.[Ni+2]. The molecule has 0 spiro atoms. The molecule has 0 amide bonds. The number of hydrazine groups is 4. The van der Waals surface area contributed by atoms with Crippen molar-refractivity contribution in [1.82, 2.24) is 20.5 Å². The summed E-state index contributed by atoms with van der Waals surface area (Å²) >= 11 is 0. The summed E-state index contributed by atoms with van der Waals surface area (Å²) in [6, 6.07) is 0. The molecule has 0 radical (unpaired) electrons. The van der Waals surface area contributed by atoms with Crippen LogP contribution in [0.3, 0.4) is 0 Å². The molecule has 13 heavy (non-hydrogen) atoms. The van der Waals surface area contributed by atoms with Crippen molar-refractivity contribution in [1.29, 1.82) is 0 Å². The van der Waals surface area contributed by atoms with E-state index in [2.05, 4.69) is 34.6 Å². The van der Waals surface area contributed by atoms with Crippen molar-refractivity contribution in [2.45, 2.75) is 0 Å². The van der Waals surface area contributed by atoms with E-state index in [0.717, 1.165) is 13.1 Å². The molecule has 2 heterocycles. The Kier molecular flexibility index (Phi) is 4.85. The van der Waals surface area contributed by atoms with Crippen LogP contribution in [0.15, 0.2) is 0 Å². The van der Waals surface area contributed by atoms with Gasteiger partial charge in [-0.15, -0.1) is 20.5 Å². The van der Waals surface area contributed by atoms with E-state index in [9.17, 15) is 0 Å². The third-order valence-corrected chi connectivity index (χ3v) is 4.55. The molecular formula is C6H14N4NiS2+2. The normalized spacial score (nSPS) is 28.2. The second kappa shape index (κ2) is 5.21. The molecule has 0 aromatic rings. The summed E-state index contributed by atoms with van der Waals surface area (Å²) in [5.74, 6) is 2.42. The summed E-state index contributed by atoms with van der Waals surface area (Å²) in [5, 5.41) is 8.87. The van der Waals surface area contributed by atoms with Crippen molar-refractivity contribution in [3.8, 4) is 0 Å². The van der Waals surface area contributed by atoms with Crippen molar-refractivity contribution in [3.05, 3.63) is 0 Å². The van der Waals surface area contributed by atoms with Crippen molar-refractivity contribution >= 4 is 21.6 Å². The quantitative estimate of drug-likeness (QED) is 0.464. The van der Waals surface area contributed by atoms with Crippen LogP contribution >= 0.6 is 21.6 Å². The second-order valence-corrected chi connectivity index (χ2v) is 5.52. The van der Waals surface area contributed by atoms with Crippen molar-refractivity contribution in [3.63, 3.8) is 0 Å². The number of fused-ring (bicyclic) bond motifs is 1. The average Bonchev–Trinajstić information content (AvgIpc) is 2.04. The Hall–Kier alpha value is 1.03. The van der Waals surface area contributed by atoms with Gasteiger partial charge < -0.3 is 0 Å². The van der Waals surface area contributed by atoms with E-state index in [-0.39, 0.29) is 16.5 Å². The van der Waals surface area contributed by atoms with Gasteiger partial charge in [-0.3, -0.25) is 0 Å². The van der Waals surface area contributed by atoms with Gasteiger partial charge in [-0.25, -0.2) is 0 Å². The molecule has 0 atom stereocenters. The summed E-state index contributed by atoms with van der Waals surface area (Å²) in [6.45, 7) is 2.25. The van der Waals surface area contributed by atoms with Crippen LogP contribution < -0.4 is 0 Å². The maximum atomic E-state index is 2.28. The maximum Gasteiger partial charge on any atom is 2.00 e. The Morgan fingerprint density at radius 2 is 1.23 bits per heavy atom. The van der Waals surface area contributed by atoms with Crippen LogP contribution in [0.25, 0.3) is 0 Å². The van der Waals surface area contributed by atoms with Gasteiger partial charge in [0.25, 0.3) is 0 Å². The Morgan fingerprint density at radius 1 is 0.846 bits per heavy atom. The summed E-state index contributed by atoms with van der Waals surface area (Å²) in [4.78, 5) is 0. The summed E-state index contributed by atoms with van der Waals surface area (Å²) in [5.41, 5.74) is 0. The molecule has 0 aliphatic carbocycles. The zero-order chi connectivity index (χ0) is 8.55. The van der Waals surface area contributed by atoms with E-state index in [1.807, 2.05) is 21.6 Å². The Balaban J connectivity index is 0.000000845. The first kappa shape index (κ1) is 12.1. The van der Waals surface area contributed by atoms with Crippen molar-refractivity contribution in [2.24, 2.45) is 0 Å². The maximum absolute atomic E-state index is 2.28. The molecule has 2 aliphatic rings. The number of hydrogen-bond donors (Lipinski definition) is 0. The van der Waals surface area contributed by atoms with E-state index >= 15 is 0 Å². The topological polar surface area (TPSA) is 13.0 Å². The van der Waals surface area contributed by atoms with Crippen LogP contribution in [0.1, 0.15) is 0 Å². The molecule has 0 bridgehead atoms. The fraction of sp³-hybridized carbons (Fsp3) is 1.00. The van der Waals surface area contributed by atoms with E-state index in [1.54, 1.807) is 0 Å². The van der Waals surface area contributed by atoms with Crippen LogP contribution in [0.5, 0.6) is 0 Å². The van der Waals surface area contributed by atoms with Gasteiger partial charge in [0.1, 0.15) is 0 Å². The first-order chi connectivity index (χ1) is 5.80. The molecule has 0 unspecified atom stereocenters. The molecule has 78 valence electrons. The first-order valence-corrected chi connectivity index (χ1v) is 6.56. The van der Waals surface area contributed by atoms with Gasteiger partial charge in [-0.1, -0.05) is 21.6 Å². The van der Waals surface area contributed by atoms with Gasteiger partial charge in [-0.2, -0.15) is 0 Å². The Bertz CT molecular complexity index is 155. The second-order valence-electron chi connectivity index (χ2n) is 2.81. The molecule has 0 N–H and O–H groups in total. The number of hydrogen-bond acceptors (Lipinski definition) is 6. The molecule has 4 nitrogen and oxygen atoms in total. The van der Waals surface area contributed by atoms with E-state index < -0.39 is 0 Å². The molecule has 0 saturated carbocycles. The van der Waals surface area contributed by atoms with Gasteiger partial charge in [0.05, 0.1) is 0 Å². The largest absolute Gasteiger partial charge is 2.00 e. The molecule has 2 rings (SSSR count). The van der Waals surface area contributed by atoms with Crippen LogP contribution in [0.2, 0.25) is 0 Å².